The average molecular weight is 289 g/mol. The molecule has 9 N–H and O–H groups in total. The Balaban J connectivity index is 4.09. The molecule has 10 nitrogen and oxygen atoms in total. The maximum Gasteiger partial charge on any atom is 0.331 e. The number of rotatable bonds is 8. The highest BCUT2D eigenvalue weighted by Crippen LogP contribution is 2.00. The molecule has 0 aromatic carbocycles. The predicted octanol–water partition coefficient (Wildman–Crippen LogP) is -2.76. The first-order chi connectivity index (χ1) is 9.23. The highest BCUT2D eigenvalue weighted by atomic mass is 16.6. The van der Waals surface area contributed by atoms with Gasteiger partial charge in [-0.2, -0.15) is 0 Å². The number of carboxylic acid groups (broad SMARTS) is 1. The number of aliphatic carboxylic acids is 1. The molecule has 0 aromatic heterocycles. The highest BCUT2D eigenvalue weighted by molar-refractivity contribution is 5.92. The molecule has 0 saturated carbocycles. The van der Waals surface area contributed by atoms with Gasteiger partial charge in [0.1, 0.15) is 12.1 Å². The van der Waals surface area contributed by atoms with Gasteiger partial charge < -0.3 is 32.8 Å². The van der Waals surface area contributed by atoms with Crippen LogP contribution in [-0.2, 0) is 19.1 Å². The van der Waals surface area contributed by atoms with Crippen LogP contribution in [0.3, 0.4) is 0 Å². The van der Waals surface area contributed by atoms with Gasteiger partial charge in [-0.1, -0.05) is 0 Å². The number of aliphatic imine (C=N–C) groups is 1. The van der Waals surface area contributed by atoms with Gasteiger partial charge in [-0.15, -0.1) is 0 Å². The van der Waals surface area contributed by atoms with E-state index in [9.17, 15) is 14.4 Å². The Morgan fingerprint density at radius 3 is 2.15 bits per heavy atom. The molecule has 10 heteroatoms. The fourth-order valence-corrected chi connectivity index (χ4v) is 1.16. The fraction of sp³-hybridized carbons (Fsp3) is 0.600. The van der Waals surface area contributed by atoms with Crippen LogP contribution in [0.1, 0.15) is 19.3 Å². The van der Waals surface area contributed by atoms with Crippen molar-refractivity contribution >= 4 is 23.9 Å². The number of carboxylic acids is 1. The molecule has 0 aliphatic rings. The second kappa shape index (κ2) is 8.82. The van der Waals surface area contributed by atoms with Crippen molar-refractivity contribution in [2.45, 2.75) is 31.3 Å². The van der Waals surface area contributed by atoms with Crippen LogP contribution in [0.5, 0.6) is 0 Å². The lowest BCUT2D eigenvalue weighted by atomic mass is 10.1. The minimum atomic E-state index is -1.41. The normalized spacial score (nSPS) is 13.1. The lowest BCUT2D eigenvalue weighted by Gasteiger charge is -2.12. The van der Waals surface area contributed by atoms with Crippen LogP contribution in [-0.4, -0.2) is 47.6 Å². The zero-order chi connectivity index (χ0) is 15.7. The number of ether oxygens (including phenoxy) is 1. The molecule has 0 bridgehead atoms. The van der Waals surface area contributed by atoms with Gasteiger partial charge in [-0.05, 0) is 12.8 Å². The summed E-state index contributed by atoms with van der Waals surface area (Å²) in [5.74, 6) is -3.45. The molecule has 0 aliphatic heterocycles. The molecule has 0 rings (SSSR count). The second-order valence-electron chi connectivity index (χ2n) is 4.00. The summed E-state index contributed by atoms with van der Waals surface area (Å²) < 4.78 is 4.38. The zero-order valence-corrected chi connectivity index (χ0v) is 10.8. The number of nitrogens with zero attached hydrogens (tertiary/aromatic N) is 1. The quantitative estimate of drug-likeness (QED) is 0.103. The molecule has 0 fully saturated rings. The first kappa shape index (κ1) is 17.8. The number of carbonyl (C=O) groups is 3. The summed E-state index contributed by atoms with van der Waals surface area (Å²) >= 11 is 0. The third-order valence-corrected chi connectivity index (χ3v) is 2.17. The fourth-order valence-electron chi connectivity index (χ4n) is 1.16. The smallest absolute Gasteiger partial charge is 0.331 e. The van der Waals surface area contributed by atoms with E-state index in [1.54, 1.807) is 0 Å². The molecule has 0 aliphatic carbocycles. The summed E-state index contributed by atoms with van der Waals surface area (Å²) in [5, 5.41) is 8.43. The van der Waals surface area contributed by atoms with Crippen molar-refractivity contribution in [1.29, 1.82) is 0 Å². The van der Waals surface area contributed by atoms with Gasteiger partial charge >= 0.3 is 17.9 Å². The van der Waals surface area contributed by atoms with Gasteiger partial charge in [0, 0.05) is 6.54 Å². The molecule has 20 heavy (non-hydrogen) atoms. The molecular formula is C10H19N5O5. The van der Waals surface area contributed by atoms with E-state index >= 15 is 0 Å². The van der Waals surface area contributed by atoms with Crippen LogP contribution in [0, 0.1) is 0 Å². The molecule has 0 saturated heterocycles. The van der Waals surface area contributed by atoms with Gasteiger partial charge in [-0.3, -0.25) is 9.79 Å². The summed E-state index contributed by atoms with van der Waals surface area (Å²) in [6.07, 6.45) is -0.00750. The topological polar surface area (TPSA) is 197 Å². The number of nitrogens with two attached hydrogens (primary N) is 4. The van der Waals surface area contributed by atoms with E-state index in [4.69, 9.17) is 28.0 Å². The summed E-state index contributed by atoms with van der Waals surface area (Å²) in [5.41, 5.74) is 20.9. The van der Waals surface area contributed by atoms with E-state index < -0.39 is 36.4 Å². The Morgan fingerprint density at radius 2 is 1.65 bits per heavy atom. The van der Waals surface area contributed by atoms with Crippen molar-refractivity contribution in [3.05, 3.63) is 0 Å². The lowest BCUT2D eigenvalue weighted by molar-refractivity contribution is -0.163. The van der Waals surface area contributed by atoms with Crippen LogP contribution < -0.4 is 22.9 Å². The molecule has 114 valence electrons. The van der Waals surface area contributed by atoms with E-state index in [0.29, 0.717) is 6.42 Å². The molecule has 0 radical (unpaired) electrons. The van der Waals surface area contributed by atoms with Crippen molar-refractivity contribution in [3.8, 4) is 0 Å². The lowest BCUT2D eigenvalue weighted by Crippen LogP contribution is -2.40. The minimum absolute atomic E-state index is 0.0732. The Kier molecular flexibility index (Phi) is 7.85. The van der Waals surface area contributed by atoms with Crippen LogP contribution in [0.4, 0.5) is 0 Å². The van der Waals surface area contributed by atoms with Gasteiger partial charge in [0.05, 0.1) is 6.42 Å². The molecule has 2 atom stereocenters. The molecule has 0 heterocycles. The minimum Gasteiger partial charge on any atom is -0.481 e. The van der Waals surface area contributed by atoms with E-state index in [0.717, 1.165) is 0 Å². The number of esters is 2. The monoisotopic (exact) mass is 289 g/mol. The third kappa shape index (κ3) is 8.00. The first-order valence-electron chi connectivity index (χ1n) is 5.78. The van der Waals surface area contributed by atoms with Gasteiger partial charge in [0.15, 0.2) is 5.96 Å². The van der Waals surface area contributed by atoms with Crippen molar-refractivity contribution < 1.29 is 24.2 Å². The van der Waals surface area contributed by atoms with E-state index in [2.05, 4.69) is 9.73 Å². The van der Waals surface area contributed by atoms with E-state index in [1.165, 1.54) is 0 Å². The van der Waals surface area contributed by atoms with E-state index in [-0.39, 0.29) is 18.9 Å². The number of hydrogen-bond donors (Lipinski definition) is 5. The molecule has 0 amide bonds. The standard InChI is InChI=1S/C10H19N5O5/c11-5(2-1-3-15-10(13)14)8(18)20-9(19)6(12)4-7(16)17/h5-6H,1-4,11-12H2,(H,16,17)(H4,13,14,15)/t5-,6-/m0/s1. The van der Waals surface area contributed by atoms with Crippen LogP contribution in [0.25, 0.3) is 0 Å². The van der Waals surface area contributed by atoms with Crippen LogP contribution >= 0.6 is 0 Å². The summed E-state index contributed by atoms with van der Waals surface area (Å²) in [4.78, 5) is 36.7. The molecular weight excluding hydrogens is 270 g/mol. The van der Waals surface area contributed by atoms with Crippen molar-refractivity contribution in [3.63, 3.8) is 0 Å². The summed E-state index contributed by atoms with van der Waals surface area (Å²) in [7, 11) is 0. The highest BCUT2D eigenvalue weighted by Gasteiger charge is 2.24. The zero-order valence-electron chi connectivity index (χ0n) is 10.8. The second-order valence-corrected chi connectivity index (χ2v) is 4.00. The first-order valence-corrected chi connectivity index (χ1v) is 5.78. The summed E-state index contributed by atoms with van der Waals surface area (Å²) in [6.45, 7) is 0.287. The maximum atomic E-state index is 11.4. The predicted molar refractivity (Wildman–Crippen MR) is 69.2 cm³/mol. The number of hydrogen-bond acceptors (Lipinski definition) is 7. The SMILES string of the molecule is NC(N)=NCCC[C@H](N)C(=O)OC(=O)[C@@H](N)CC(=O)O. The van der Waals surface area contributed by atoms with Crippen LogP contribution in [0.15, 0.2) is 4.99 Å². The Hall–Kier alpha value is -2.20. The van der Waals surface area contributed by atoms with Gasteiger partial charge in [0.2, 0.25) is 0 Å². The largest absolute Gasteiger partial charge is 0.481 e. The van der Waals surface area contributed by atoms with Crippen molar-refractivity contribution in [2.75, 3.05) is 6.54 Å². The van der Waals surface area contributed by atoms with E-state index in [1.807, 2.05) is 0 Å². The maximum absolute atomic E-state index is 11.4. The van der Waals surface area contributed by atoms with Gasteiger partial charge in [-0.25, -0.2) is 9.59 Å². The van der Waals surface area contributed by atoms with Crippen LogP contribution in [0.2, 0.25) is 0 Å². The number of carbonyl (C=O) groups excluding carboxylic acids is 2. The Morgan fingerprint density at radius 1 is 1.10 bits per heavy atom. The van der Waals surface area contributed by atoms with Crippen molar-refractivity contribution in [1.82, 2.24) is 0 Å². The Labute approximate surface area is 115 Å². The van der Waals surface area contributed by atoms with Gasteiger partial charge in [0.25, 0.3) is 0 Å². The molecule has 0 spiro atoms. The molecule has 0 unspecified atom stereocenters. The third-order valence-electron chi connectivity index (χ3n) is 2.17. The Bertz CT molecular complexity index is 393. The summed E-state index contributed by atoms with van der Waals surface area (Å²) in [6, 6.07) is -2.45. The van der Waals surface area contributed by atoms with Crippen molar-refractivity contribution in [2.24, 2.45) is 27.9 Å². The number of guanidine groups is 1. The average Bonchev–Trinajstić information content (AvgIpc) is 2.32. The molecule has 0 aromatic rings.